The molecule has 9 heteroatoms. The molecule has 0 aromatic heterocycles. The van der Waals surface area contributed by atoms with Crippen molar-refractivity contribution in [3.05, 3.63) is 59.7 Å². The van der Waals surface area contributed by atoms with Crippen molar-refractivity contribution in [1.29, 1.82) is 5.26 Å². The minimum atomic E-state index is -1.20. The predicted molar refractivity (Wildman–Crippen MR) is 116 cm³/mol. The number of rotatable bonds is 3. The maximum absolute atomic E-state index is 13.8. The van der Waals surface area contributed by atoms with E-state index in [1.54, 1.807) is 41.3 Å². The largest absolute Gasteiger partial charge is 0.508 e. The van der Waals surface area contributed by atoms with Gasteiger partial charge < -0.3 is 25.1 Å². The molecule has 2 aliphatic heterocycles. The van der Waals surface area contributed by atoms with Gasteiger partial charge in [-0.15, -0.1) is 0 Å². The van der Waals surface area contributed by atoms with E-state index in [1.165, 1.54) is 29.0 Å². The number of anilines is 1. The van der Waals surface area contributed by atoms with Gasteiger partial charge in [-0.2, -0.15) is 5.26 Å². The number of phenols is 1. The number of nitrogens with one attached hydrogen (secondary N) is 1. The molecule has 164 valence electrons. The molecule has 1 spiro atoms. The van der Waals surface area contributed by atoms with Crippen LogP contribution >= 0.6 is 0 Å². The van der Waals surface area contributed by atoms with Gasteiger partial charge in [0.1, 0.15) is 17.8 Å². The number of benzene rings is 2. The van der Waals surface area contributed by atoms with Crippen LogP contribution in [0.5, 0.6) is 5.75 Å². The molecule has 2 N–H and O–H groups in total. The molecule has 4 amide bonds. The molecule has 1 atom stereocenters. The average molecular weight is 433 g/mol. The highest BCUT2D eigenvalue weighted by Crippen LogP contribution is 2.37. The molecule has 4 rings (SSSR count). The monoisotopic (exact) mass is 433 g/mol. The van der Waals surface area contributed by atoms with Crippen molar-refractivity contribution in [3.8, 4) is 11.8 Å². The highest BCUT2D eigenvalue weighted by Gasteiger charge is 2.56. The van der Waals surface area contributed by atoms with Crippen LogP contribution in [0.4, 0.5) is 10.5 Å². The molecule has 2 fully saturated rings. The summed E-state index contributed by atoms with van der Waals surface area (Å²) in [4.78, 5) is 44.0. The molecule has 2 aromatic rings. The SMILES string of the molecule is CNC(=O)N1CCC2(C1)C(=O)N(c1ccc(C#N)cc1)CC(=O)N2Cc1ccc(O)cc1. The number of nitriles is 1. The predicted octanol–water partition coefficient (Wildman–Crippen LogP) is 1.42. The van der Waals surface area contributed by atoms with E-state index in [9.17, 15) is 19.5 Å². The standard InChI is InChI=1S/C23H23N5O4/c1-25-22(32)26-11-10-23(15-26)21(31)27(18-6-2-16(12-24)3-7-18)14-20(30)28(23)13-17-4-8-19(29)9-5-17/h2-9,29H,10-11,13-15H2,1H3,(H,25,32). The Morgan fingerprint density at radius 3 is 2.47 bits per heavy atom. The van der Waals surface area contributed by atoms with Crippen LogP contribution in [-0.2, 0) is 16.1 Å². The number of carbonyl (C=O) groups is 3. The van der Waals surface area contributed by atoms with Crippen molar-refractivity contribution in [3.63, 3.8) is 0 Å². The maximum atomic E-state index is 13.8. The van der Waals surface area contributed by atoms with E-state index < -0.39 is 5.54 Å². The van der Waals surface area contributed by atoms with Crippen molar-refractivity contribution in [1.82, 2.24) is 15.1 Å². The fourth-order valence-corrected chi connectivity index (χ4v) is 4.37. The van der Waals surface area contributed by atoms with Crippen molar-refractivity contribution in [2.75, 3.05) is 31.6 Å². The number of piperazine rings is 1. The second-order valence-electron chi connectivity index (χ2n) is 7.95. The Morgan fingerprint density at radius 2 is 1.84 bits per heavy atom. The number of hydrogen-bond acceptors (Lipinski definition) is 5. The molecule has 0 saturated carbocycles. The van der Waals surface area contributed by atoms with Crippen LogP contribution in [0.15, 0.2) is 48.5 Å². The number of aromatic hydroxyl groups is 1. The second kappa shape index (κ2) is 8.23. The van der Waals surface area contributed by atoms with E-state index in [-0.39, 0.29) is 43.2 Å². The van der Waals surface area contributed by atoms with Crippen LogP contribution < -0.4 is 10.2 Å². The third-order valence-corrected chi connectivity index (χ3v) is 6.09. The van der Waals surface area contributed by atoms with Crippen LogP contribution in [0.3, 0.4) is 0 Å². The number of urea groups is 1. The number of nitrogens with zero attached hydrogens (tertiary/aromatic N) is 4. The van der Waals surface area contributed by atoms with Crippen LogP contribution in [-0.4, -0.2) is 65.0 Å². The molecule has 2 aromatic carbocycles. The Bertz CT molecular complexity index is 1090. The summed E-state index contributed by atoms with van der Waals surface area (Å²) in [6, 6.07) is 14.7. The smallest absolute Gasteiger partial charge is 0.317 e. The van der Waals surface area contributed by atoms with Crippen LogP contribution in [0, 0.1) is 11.3 Å². The third kappa shape index (κ3) is 3.60. The van der Waals surface area contributed by atoms with Gasteiger partial charge in [-0.3, -0.25) is 9.59 Å². The summed E-state index contributed by atoms with van der Waals surface area (Å²) in [6.07, 6.45) is 0.315. The van der Waals surface area contributed by atoms with Crippen molar-refractivity contribution in [2.24, 2.45) is 0 Å². The fraction of sp³-hybridized carbons (Fsp3) is 0.304. The van der Waals surface area contributed by atoms with E-state index in [1.807, 2.05) is 6.07 Å². The van der Waals surface area contributed by atoms with Crippen molar-refractivity contribution in [2.45, 2.75) is 18.5 Å². The lowest BCUT2D eigenvalue weighted by Gasteiger charge is -2.47. The van der Waals surface area contributed by atoms with E-state index in [4.69, 9.17) is 5.26 Å². The summed E-state index contributed by atoms with van der Waals surface area (Å²) < 4.78 is 0. The van der Waals surface area contributed by atoms with Crippen LogP contribution in [0.25, 0.3) is 0 Å². The highest BCUT2D eigenvalue weighted by atomic mass is 16.3. The van der Waals surface area contributed by atoms with Crippen LogP contribution in [0.2, 0.25) is 0 Å². The zero-order chi connectivity index (χ0) is 22.9. The zero-order valence-corrected chi connectivity index (χ0v) is 17.6. The summed E-state index contributed by atoms with van der Waals surface area (Å²) >= 11 is 0. The van der Waals surface area contributed by atoms with E-state index in [0.717, 1.165) is 5.56 Å². The lowest BCUT2D eigenvalue weighted by molar-refractivity contribution is -0.151. The Morgan fingerprint density at radius 1 is 1.16 bits per heavy atom. The summed E-state index contributed by atoms with van der Waals surface area (Å²) in [5.74, 6) is -0.379. The van der Waals surface area contributed by atoms with E-state index >= 15 is 0 Å². The Kier molecular flexibility index (Phi) is 5.45. The molecule has 0 bridgehead atoms. The number of carbonyl (C=O) groups excluding carboxylic acids is 3. The Balaban J connectivity index is 1.71. The van der Waals surface area contributed by atoms with Gasteiger partial charge in [-0.25, -0.2) is 4.79 Å². The topological polar surface area (TPSA) is 117 Å². The quantitative estimate of drug-likeness (QED) is 0.759. The molecule has 9 nitrogen and oxygen atoms in total. The summed E-state index contributed by atoms with van der Waals surface area (Å²) in [5, 5.41) is 21.2. The number of amides is 4. The minimum Gasteiger partial charge on any atom is -0.508 e. The summed E-state index contributed by atoms with van der Waals surface area (Å²) in [7, 11) is 1.53. The lowest BCUT2D eigenvalue weighted by Crippen LogP contribution is -2.69. The maximum Gasteiger partial charge on any atom is 0.317 e. The molecule has 2 aliphatic rings. The Labute approximate surface area is 185 Å². The fourth-order valence-electron chi connectivity index (χ4n) is 4.37. The summed E-state index contributed by atoms with van der Waals surface area (Å²) in [5.41, 5.74) is 0.561. The molecule has 0 aliphatic carbocycles. The first kappa shape index (κ1) is 21.2. The van der Waals surface area contributed by atoms with Gasteiger partial charge in [0.25, 0.3) is 5.91 Å². The van der Waals surface area contributed by atoms with Gasteiger partial charge in [-0.05, 0) is 48.4 Å². The average Bonchev–Trinajstić information content (AvgIpc) is 3.26. The second-order valence-corrected chi connectivity index (χ2v) is 7.95. The molecular weight excluding hydrogens is 410 g/mol. The van der Waals surface area contributed by atoms with Gasteiger partial charge in [0.05, 0.1) is 18.2 Å². The first-order chi connectivity index (χ1) is 15.4. The normalized spacial score (nSPS) is 20.6. The number of hydrogen-bond donors (Lipinski definition) is 2. The lowest BCUT2D eigenvalue weighted by atomic mass is 9.90. The van der Waals surface area contributed by atoms with Gasteiger partial charge in [0, 0.05) is 25.8 Å². The highest BCUT2D eigenvalue weighted by molar-refractivity contribution is 6.09. The number of likely N-dealkylation sites (tertiary alicyclic amines) is 1. The molecular formula is C23H23N5O4. The Hall–Kier alpha value is -4.06. The summed E-state index contributed by atoms with van der Waals surface area (Å²) in [6.45, 7) is 0.478. The van der Waals surface area contributed by atoms with Gasteiger partial charge >= 0.3 is 6.03 Å². The van der Waals surface area contributed by atoms with Gasteiger partial charge in [-0.1, -0.05) is 12.1 Å². The molecule has 1 unspecified atom stereocenters. The molecule has 2 saturated heterocycles. The van der Waals surface area contributed by atoms with E-state index in [0.29, 0.717) is 24.2 Å². The van der Waals surface area contributed by atoms with Gasteiger partial charge in [0.2, 0.25) is 5.91 Å². The molecule has 2 heterocycles. The van der Waals surface area contributed by atoms with Crippen LogP contribution in [0.1, 0.15) is 17.5 Å². The first-order valence-electron chi connectivity index (χ1n) is 10.2. The number of phenolic OH excluding ortho intramolecular Hbond substituents is 1. The van der Waals surface area contributed by atoms with E-state index in [2.05, 4.69) is 5.32 Å². The zero-order valence-electron chi connectivity index (χ0n) is 17.6. The molecule has 0 radical (unpaired) electrons. The van der Waals surface area contributed by atoms with Crippen molar-refractivity contribution >= 4 is 23.5 Å². The van der Waals surface area contributed by atoms with Crippen molar-refractivity contribution < 1.29 is 19.5 Å². The minimum absolute atomic E-state index is 0.0854. The van der Waals surface area contributed by atoms with Gasteiger partial charge in [0.15, 0.2) is 0 Å². The molecule has 32 heavy (non-hydrogen) atoms. The first-order valence-corrected chi connectivity index (χ1v) is 10.2. The third-order valence-electron chi connectivity index (χ3n) is 6.09.